The molecule has 0 saturated heterocycles. The van der Waals surface area contributed by atoms with E-state index in [0.29, 0.717) is 22.1 Å². The third-order valence-electron chi connectivity index (χ3n) is 2.86. The molecule has 0 aliphatic heterocycles. The Morgan fingerprint density at radius 2 is 2.11 bits per heavy atom. The zero-order chi connectivity index (χ0) is 14.3. The predicted molar refractivity (Wildman–Crippen MR) is 80.1 cm³/mol. The van der Waals surface area contributed by atoms with E-state index >= 15 is 0 Å². The standard InChI is InChI=1S/C14H19ClFNOS/c1-3-12(4-2)17-14(18)9-19-8-10-5-6-11(15)7-13(10)16/h5-7,12H,3-4,8-9H2,1-2H3,(H,17,18). The van der Waals surface area contributed by atoms with Crippen LogP contribution in [0.1, 0.15) is 32.3 Å². The van der Waals surface area contributed by atoms with Crippen molar-refractivity contribution in [3.8, 4) is 0 Å². The summed E-state index contributed by atoms with van der Waals surface area (Å²) in [7, 11) is 0. The molecule has 0 fully saturated rings. The lowest BCUT2D eigenvalue weighted by molar-refractivity contribution is -0.119. The summed E-state index contributed by atoms with van der Waals surface area (Å²) >= 11 is 7.08. The number of nitrogens with one attached hydrogen (secondary N) is 1. The Kier molecular flexibility index (Phi) is 7.24. The van der Waals surface area contributed by atoms with E-state index in [9.17, 15) is 9.18 Å². The van der Waals surface area contributed by atoms with Crippen LogP contribution in [0.25, 0.3) is 0 Å². The molecule has 0 aromatic heterocycles. The molecule has 0 spiro atoms. The maximum Gasteiger partial charge on any atom is 0.230 e. The minimum absolute atomic E-state index is 0.00747. The zero-order valence-corrected chi connectivity index (χ0v) is 12.8. The second-order valence-electron chi connectivity index (χ2n) is 4.31. The lowest BCUT2D eigenvalue weighted by Gasteiger charge is -2.14. The van der Waals surface area contributed by atoms with Crippen molar-refractivity contribution in [1.82, 2.24) is 5.32 Å². The molecular formula is C14H19ClFNOS. The zero-order valence-electron chi connectivity index (χ0n) is 11.2. The van der Waals surface area contributed by atoms with Gasteiger partial charge in [-0.2, -0.15) is 0 Å². The average Bonchev–Trinajstić information content (AvgIpc) is 2.38. The normalized spacial score (nSPS) is 10.8. The number of carbonyl (C=O) groups is 1. The summed E-state index contributed by atoms with van der Waals surface area (Å²) in [5.74, 6) is 0.506. The van der Waals surface area contributed by atoms with Gasteiger partial charge < -0.3 is 5.32 Å². The highest BCUT2D eigenvalue weighted by molar-refractivity contribution is 7.99. The Balaban J connectivity index is 2.35. The van der Waals surface area contributed by atoms with Crippen LogP contribution >= 0.6 is 23.4 Å². The van der Waals surface area contributed by atoms with E-state index < -0.39 is 0 Å². The smallest absolute Gasteiger partial charge is 0.230 e. The largest absolute Gasteiger partial charge is 0.353 e. The van der Waals surface area contributed by atoms with Crippen LogP contribution in [0, 0.1) is 5.82 Å². The quantitative estimate of drug-likeness (QED) is 0.824. The van der Waals surface area contributed by atoms with Gasteiger partial charge in [0.05, 0.1) is 5.75 Å². The highest BCUT2D eigenvalue weighted by atomic mass is 35.5. The third kappa shape index (κ3) is 5.83. The van der Waals surface area contributed by atoms with Crippen LogP contribution in [0.15, 0.2) is 18.2 Å². The molecule has 5 heteroatoms. The van der Waals surface area contributed by atoms with Crippen LogP contribution in [0.2, 0.25) is 5.02 Å². The third-order valence-corrected chi connectivity index (χ3v) is 4.07. The summed E-state index contributed by atoms with van der Waals surface area (Å²) in [6.45, 7) is 4.09. The molecule has 1 amide bonds. The Bertz CT molecular complexity index is 424. The number of benzene rings is 1. The molecule has 0 unspecified atom stereocenters. The fourth-order valence-electron chi connectivity index (χ4n) is 1.65. The second-order valence-corrected chi connectivity index (χ2v) is 5.73. The van der Waals surface area contributed by atoms with E-state index in [-0.39, 0.29) is 17.8 Å². The van der Waals surface area contributed by atoms with Crippen molar-refractivity contribution in [3.05, 3.63) is 34.6 Å². The number of amides is 1. The number of carbonyl (C=O) groups excluding carboxylic acids is 1. The highest BCUT2D eigenvalue weighted by Gasteiger charge is 2.09. The van der Waals surface area contributed by atoms with Gasteiger partial charge in [-0.1, -0.05) is 31.5 Å². The minimum atomic E-state index is -0.319. The van der Waals surface area contributed by atoms with E-state index in [2.05, 4.69) is 5.32 Å². The average molecular weight is 304 g/mol. The van der Waals surface area contributed by atoms with Gasteiger partial charge in [-0.3, -0.25) is 4.79 Å². The summed E-state index contributed by atoms with van der Waals surface area (Å²) < 4.78 is 13.5. The molecule has 0 radical (unpaired) electrons. The molecule has 1 aromatic carbocycles. The fraction of sp³-hybridized carbons (Fsp3) is 0.500. The maximum atomic E-state index is 13.5. The van der Waals surface area contributed by atoms with Gasteiger partial charge in [0.25, 0.3) is 0 Å². The highest BCUT2D eigenvalue weighted by Crippen LogP contribution is 2.19. The first-order chi connectivity index (χ1) is 9.06. The van der Waals surface area contributed by atoms with Gasteiger partial charge in [0, 0.05) is 16.8 Å². The van der Waals surface area contributed by atoms with Gasteiger partial charge in [-0.15, -0.1) is 11.8 Å². The Hall–Kier alpha value is -0.740. The summed E-state index contributed by atoms with van der Waals surface area (Å²) in [5, 5.41) is 3.34. The number of hydrogen-bond donors (Lipinski definition) is 1. The van der Waals surface area contributed by atoms with Gasteiger partial charge in [0.15, 0.2) is 0 Å². The number of halogens is 2. The lowest BCUT2D eigenvalue weighted by atomic mass is 10.2. The number of thioether (sulfide) groups is 1. The van der Waals surface area contributed by atoms with Crippen molar-refractivity contribution in [2.24, 2.45) is 0 Å². The van der Waals surface area contributed by atoms with Gasteiger partial charge in [-0.25, -0.2) is 4.39 Å². The second kappa shape index (κ2) is 8.43. The lowest BCUT2D eigenvalue weighted by Crippen LogP contribution is -2.35. The summed E-state index contributed by atoms with van der Waals surface area (Å²) in [5.41, 5.74) is 0.574. The first kappa shape index (κ1) is 16.3. The van der Waals surface area contributed by atoms with E-state index in [1.165, 1.54) is 17.8 Å². The van der Waals surface area contributed by atoms with Crippen molar-refractivity contribution in [2.45, 2.75) is 38.5 Å². The van der Waals surface area contributed by atoms with Crippen LogP contribution in [0.4, 0.5) is 4.39 Å². The van der Waals surface area contributed by atoms with E-state index in [4.69, 9.17) is 11.6 Å². The van der Waals surface area contributed by atoms with E-state index in [0.717, 1.165) is 12.8 Å². The van der Waals surface area contributed by atoms with Crippen molar-refractivity contribution in [2.75, 3.05) is 5.75 Å². The van der Waals surface area contributed by atoms with Crippen LogP contribution in [0.5, 0.6) is 0 Å². The molecule has 0 bridgehead atoms. The molecule has 0 aliphatic rings. The molecule has 2 nitrogen and oxygen atoms in total. The van der Waals surface area contributed by atoms with E-state index in [1.54, 1.807) is 12.1 Å². The molecular weight excluding hydrogens is 285 g/mol. The Morgan fingerprint density at radius 1 is 1.42 bits per heavy atom. The van der Waals surface area contributed by atoms with Crippen molar-refractivity contribution in [1.29, 1.82) is 0 Å². The molecule has 1 rings (SSSR count). The van der Waals surface area contributed by atoms with Gasteiger partial charge in [0.1, 0.15) is 5.82 Å². The van der Waals surface area contributed by atoms with Gasteiger partial charge in [-0.05, 0) is 30.5 Å². The monoisotopic (exact) mass is 303 g/mol. The van der Waals surface area contributed by atoms with E-state index in [1.807, 2.05) is 13.8 Å². The number of hydrogen-bond acceptors (Lipinski definition) is 2. The maximum absolute atomic E-state index is 13.5. The van der Waals surface area contributed by atoms with Crippen molar-refractivity contribution >= 4 is 29.3 Å². The molecule has 1 N–H and O–H groups in total. The summed E-state index contributed by atoms with van der Waals surface area (Å²) in [6, 6.07) is 4.84. The molecule has 1 aromatic rings. The first-order valence-electron chi connectivity index (χ1n) is 6.37. The van der Waals surface area contributed by atoms with Gasteiger partial charge >= 0.3 is 0 Å². The minimum Gasteiger partial charge on any atom is -0.353 e. The SMILES string of the molecule is CCC(CC)NC(=O)CSCc1ccc(Cl)cc1F. The Morgan fingerprint density at radius 3 is 2.68 bits per heavy atom. The summed E-state index contributed by atoms with van der Waals surface area (Å²) in [4.78, 5) is 11.7. The first-order valence-corrected chi connectivity index (χ1v) is 7.91. The molecule has 19 heavy (non-hydrogen) atoms. The van der Waals surface area contributed by atoms with Gasteiger partial charge in [0.2, 0.25) is 5.91 Å². The molecule has 0 atom stereocenters. The van der Waals surface area contributed by atoms with Crippen LogP contribution < -0.4 is 5.32 Å². The molecule has 0 saturated carbocycles. The van der Waals surface area contributed by atoms with Crippen LogP contribution in [-0.2, 0) is 10.5 Å². The van der Waals surface area contributed by atoms with Crippen LogP contribution in [-0.4, -0.2) is 17.7 Å². The van der Waals surface area contributed by atoms with Crippen molar-refractivity contribution in [3.63, 3.8) is 0 Å². The number of rotatable bonds is 7. The molecule has 106 valence electrons. The summed E-state index contributed by atoms with van der Waals surface area (Å²) in [6.07, 6.45) is 1.86. The Labute approximate surface area is 123 Å². The fourth-order valence-corrected chi connectivity index (χ4v) is 2.64. The molecule has 0 aliphatic carbocycles. The molecule has 0 heterocycles. The van der Waals surface area contributed by atoms with Crippen LogP contribution in [0.3, 0.4) is 0 Å². The topological polar surface area (TPSA) is 29.1 Å². The van der Waals surface area contributed by atoms with Crippen molar-refractivity contribution < 1.29 is 9.18 Å². The predicted octanol–water partition coefficient (Wildman–Crippen LogP) is 4.02.